The van der Waals surface area contributed by atoms with Gasteiger partial charge in [0, 0.05) is 5.56 Å². The maximum atomic E-state index is 11.6. The maximum Gasteiger partial charge on any atom is 0.231 e. The van der Waals surface area contributed by atoms with Crippen LogP contribution in [0.4, 0.5) is 0 Å². The van der Waals surface area contributed by atoms with Crippen molar-refractivity contribution in [2.24, 2.45) is 0 Å². The van der Waals surface area contributed by atoms with E-state index in [1.165, 1.54) is 0 Å². The molecule has 3 nitrogen and oxygen atoms in total. The summed E-state index contributed by atoms with van der Waals surface area (Å²) >= 11 is 5.72. The van der Waals surface area contributed by atoms with E-state index in [0.717, 1.165) is 31.2 Å². The molecule has 4 heteroatoms. The van der Waals surface area contributed by atoms with E-state index in [0.29, 0.717) is 11.5 Å². The normalized spacial score (nSPS) is 14.6. The van der Waals surface area contributed by atoms with Gasteiger partial charge in [0.2, 0.25) is 12.0 Å². The van der Waals surface area contributed by atoms with Crippen LogP contribution in [0.25, 0.3) is 0 Å². The quantitative estimate of drug-likeness (QED) is 0.581. The zero-order valence-corrected chi connectivity index (χ0v) is 11.2. The lowest BCUT2D eigenvalue weighted by molar-refractivity contribution is -0.113. The molecule has 1 aromatic carbocycles. The molecule has 0 radical (unpaired) electrons. The predicted molar refractivity (Wildman–Crippen MR) is 70.3 cm³/mol. The van der Waals surface area contributed by atoms with Crippen LogP contribution >= 0.6 is 11.6 Å². The van der Waals surface area contributed by atoms with Crippen molar-refractivity contribution in [2.45, 2.75) is 38.5 Å². The Morgan fingerprint density at radius 2 is 2.22 bits per heavy atom. The van der Waals surface area contributed by atoms with Gasteiger partial charge in [-0.25, -0.2) is 0 Å². The lowest BCUT2D eigenvalue weighted by atomic mass is 9.93. The van der Waals surface area contributed by atoms with E-state index in [9.17, 15) is 4.79 Å². The lowest BCUT2D eigenvalue weighted by Crippen LogP contribution is -2.08. The topological polar surface area (TPSA) is 35.5 Å². The summed E-state index contributed by atoms with van der Waals surface area (Å²) < 4.78 is 10.8. The second-order valence-corrected chi connectivity index (χ2v) is 4.81. The third kappa shape index (κ3) is 2.78. The standard InChI is InChI=1S/C14H17ClO3/c1-2-3-4-6-11(14(15)16)10-7-5-8-12-13(10)18-9-17-12/h5,7-8,11H,2-4,6,9H2,1H3/t11-/m0/s1. The minimum absolute atomic E-state index is 0.213. The Morgan fingerprint density at radius 1 is 1.39 bits per heavy atom. The number of halogens is 1. The van der Waals surface area contributed by atoms with Crippen molar-refractivity contribution >= 4 is 16.8 Å². The zero-order valence-electron chi connectivity index (χ0n) is 10.4. The summed E-state index contributed by atoms with van der Waals surface area (Å²) in [6.45, 7) is 2.35. The van der Waals surface area contributed by atoms with Gasteiger partial charge in [0.15, 0.2) is 11.5 Å². The van der Waals surface area contributed by atoms with E-state index in [1.54, 1.807) is 0 Å². The fraction of sp³-hybridized carbons (Fsp3) is 0.500. The van der Waals surface area contributed by atoms with Crippen molar-refractivity contribution in [3.05, 3.63) is 23.8 Å². The van der Waals surface area contributed by atoms with Gasteiger partial charge in [-0.2, -0.15) is 0 Å². The third-order valence-electron chi connectivity index (χ3n) is 3.17. The van der Waals surface area contributed by atoms with E-state index in [-0.39, 0.29) is 18.0 Å². The number of hydrogen-bond donors (Lipinski definition) is 0. The van der Waals surface area contributed by atoms with Crippen molar-refractivity contribution in [3.63, 3.8) is 0 Å². The van der Waals surface area contributed by atoms with Gasteiger partial charge in [0.25, 0.3) is 0 Å². The molecule has 2 rings (SSSR count). The third-order valence-corrected chi connectivity index (χ3v) is 3.44. The van der Waals surface area contributed by atoms with Gasteiger partial charge in [-0.1, -0.05) is 38.3 Å². The fourth-order valence-electron chi connectivity index (χ4n) is 2.22. The first-order valence-corrected chi connectivity index (χ1v) is 6.69. The molecule has 0 fully saturated rings. The highest BCUT2D eigenvalue weighted by atomic mass is 35.5. The summed E-state index contributed by atoms with van der Waals surface area (Å²) in [5, 5.41) is -0.324. The number of ether oxygens (including phenoxy) is 2. The van der Waals surface area contributed by atoms with Crippen LogP contribution in [-0.2, 0) is 4.79 Å². The van der Waals surface area contributed by atoms with Crippen molar-refractivity contribution < 1.29 is 14.3 Å². The second-order valence-electron chi connectivity index (χ2n) is 4.43. The smallest absolute Gasteiger partial charge is 0.231 e. The molecule has 0 saturated heterocycles. The molecule has 0 bridgehead atoms. The second kappa shape index (κ2) is 6.10. The van der Waals surface area contributed by atoms with Crippen molar-refractivity contribution in [3.8, 4) is 11.5 Å². The molecule has 0 saturated carbocycles. The molecule has 18 heavy (non-hydrogen) atoms. The number of hydrogen-bond acceptors (Lipinski definition) is 3. The lowest BCUT2D eigenvalue weighted by Gasteiger charge is -2.14. The average Bonchev–Trinajstić information content (AvgIpc) is 2.82. The van der Waals surface area contributed by atoms with Gasteiger partial charge in [-0.3, -0.25) is 4.79 Å². The minimum Gasteiger partial charge on any atom is -0.454 e. The van der Waals surface area contributed by atoms with Crippen LogP contribution in [0.15, 0.2) is 18.2 Å². The molecule has 1 aliphatic heterocycles. The molecule has 1 heterocycles. The Balaban J connectivity index is 2.20. The van der Waals surface area contributed by atoms with Gasteiger partial charge in [0.05, 0.1) is 5.92 Å². The molecule has 0 unspecified atom stereocenters. The molecule has 0 spiro atoms. The van der Waals surface area contributed by atoms with E-state index >= 15 is 0 Å². The van der Waals surface area contributed by atoms with Gasteiger partial charge in [-0.15, -0.1) is 0 Å². The number of para-hydroxylation sites is 1. The van der Waals surface area contributed by atoms with E-state index in [4.69, 9.17) is 21.1 Å². The van der Waals surface area contributed by atoms with Gasteiger partial charge >= 0.3 is 0 Å². The summed E-state index contributed by atoms with van der Waals surface area (Å²) in [4.78, 5) is 11.6. The Labute approximate surface area is 112 Å². The molecule has 0 amide bonds. The number of unbranched alkanes of at least 4 members (excludes halogenated alkanes) is 2. The molecular formula is C14H17ClO3. The average molecular weight is 269 g/mol. The van der Waals surface area contributed by atoms with Crippen LogP contribution in [0, 0.1) is 0 Å². The summed E-state index contributed by atoms with van der Waals surface area (Å²) in [6, 6.07) is 5.60. The van der Waals surface area contributed by atoms with Gasteiger partial charge < -0.3 is 9.47 Å². The van der Waals surface area contributed by atoms with Crippen LogP contribution in [-0.4, -0.2) is 12.0 Å². The van der Waals surface area contributed by atoms with Gasteiger partial charge in [-0.05, 0) is 24.1 Å². The zero-order chi connectivity index (χ0) is 13.0. The SMILES string of the molecule is CCCCC[C@H](C(=O)Cl)c1cccc2c1OCO2. The molecular weight excluding hydrogens is 252 g/mol. The molecule has 0 aliphatic carbocycles. The first kappa shape index (κ1) is 13.2. The number of carbonyl (C=O) groups excluding carboxylic acids is 1. The first-order valence-electron chi connectivity index (χ1n) is 6.32. The predicted octanol–water partition coefficient (Wildman–Crippen LogP) is 3.84. The van der Waals surface area contributed by atoms with Crippen molar-refractivity contribution in [1.29, 1.82) is 0 Å². The highest BCUT2D eigenvalue weighted by molar-refractivity contribution is 6.64. The summed E-state index contributed by atoms with van der Waals surface area (Å²) in [7, 11) is 0. The molecule has 0 N–H and O–H groups in total. The van der Waals surface area contributed by atoms with Gasteiger partial charge in [0.1, 0.15) is 0 Å². The van der Waals surface area contributed by atoms with E-state index < -0.39 is 0 Å². The molecule has 1 aliphatic rings. The monoisotopic (exact) mass is 268 g/mol. The minimum atomic E-state index is -0.324. The summed E-state index contributed by atoms with van der Waals surface area (Å²) in [5.74, 6) is 1.08. The largest absolute Gasteiger partial charge is 0.454 e. The Bertz CT molecular complexity index is 431. The van der Waals surface area contributed by atoms with Crippen molar-refractivity contribution in [1.82, 2.24) is 0 Å². The molecule has 98 valence electrons. The molecule has 0 aromatic heterocycles. The maximum absolute atomic E-state index is 11.6. The Morgan fingerprint density at radius 3 is 2.94 bits per heavy atom. The van der Waals surface area contributed by atoms with Crippen LogP contribution in [0.5, 0.6) is 11.5 Å². The van der Waals surface area contributed by atoms with Crippen LogP contribution in [0.3, 0.4) is 0 Å². The highest BCUT2D eigenvalue weighted by Crippen LogP contribution is 2.41. The van der Waals surface area contributed by atoms with E-state index in [1.807, 2.05) is 18.2 Å². The van der Waals surface area contributed by atoms with Crippen LogP contribution in [0.1, 0.15) is 44.1 Å². The van der Waals surface area contributed by atoms with E-state index in [2.05, 4.69) is 6.92 Å². The molecule has 1 atom stereocenters. The van der Waals surface area contributed by atoms with Crippen molar-refractivity contribution in [2.75, 3.05) is 6.79 Å². The highest BCUT2D eigenvalue weighted by Gasteiger charge is 2.26. The Kier molecular flexibility index (Phi) is 4.48. The number of rotatable bonds is 6. The first-order chi connectivity index (χ1) is 8.74. The summed E-state index contributed by atoms with van der Waals surface area (Å²) in [5.41, 5.74) is 0.848. The number of carbonyl (C=O) groups is 1. The Hall–Kier alpha value is -1.22. The van der Waals surface area contributed by atoms with Crippen LogP contribution in [0.2, 0.25) is 0 Å². The number of fused-ring (bicyclic) bond motifs is 1. The number of benzene rings is 1. The fourth-order valence-corrected chi connectivity index (χ4v) is 2.44. The summed E-state index contributed by atoms with van der Waals surface area (Å²) in [6.07, 6.45) is 3.98. The van der Waals surface area contributed by atoms with Crippen LogP contribution < -0.4 is 9.47 Å². The molecule has 1 aromatic rings.